The molecule has 0 amide bonds. The first-order valence-electron chi connectivity index (χ1n) is 3.98. The average molecular weight is 153 g/mol. The number of nitrogens with zero attached hydrogens (tertiary/aromatic N) is 1. The van der Waals surface area contributed by atoms with E-state index in [1.165, 1.54) is 11.3 Å². The molecule has 11 heavy (non-hydrogen) atoms. The van der Waals surface area contributed by atoms with Gasteiger partial charge in [-0.05, 0) is 18.9 Å². The van der Waals surface area contributed by atoms with E-state index in [2.05, 4.69) is 17.1 Å². The summed E-state index contributed by atoms with van der Waals surface area (Å²) in [6.07, 6.45) is 3.75. The maximum absolute atomic E-state index is 5.79. The number of H-pyrrole nitrogens is 1. The lowest BCUT2D eigenvalue weighted by Gasteiger charge is -2.06. The van der Waals surface area contributed by atoms with E-state index in [0.717, 1.165) is 12.8 Å². The summed E-state index contributed by atoms with van der Waals surface area (Å²) in [7, 11) is 0. The highest BCUT2D eigenvalue weighted by atomic mass is 15.1. The Morgan fingerprint density at radius 2 is 2.45 bits per heavy atom. The Labute approximate surface area is 67.0 Å². The molecule has 3 N–H and O–H groups in total. The molecule has 0 aliphatic heterocycles. The zero-order valence-corrected chi connectivity index (χ0v) is 7.09. The number of hydrogen-bond acceptors (Lipinski definition) is 2. The van der Waals surface area contributed by atoms with Crippen LogP contribution in [0.2, 0.25) is 0 Å². The second kappa shape index (κ2) is 3.53. The van der Waals surface area contributed by atoms with Gasteiger partial charge in [0.15, 0.2) is 0 Å². The summed E-state index contributed by atoms with van der Waals surface area (Å²) in [5.41, 5.74) is 8.15. The maximum atomic E-state index is 5.79. The van der Waals surface area contributed by atoms with E-state index in [0.29, 0.717) is 0 Å². The Morgan fingerprint density at radius 3 is 2.91 bits per heavy atom. The van der Waals surface area contributed by atoms with Gasteiger partial charge in [0.05, 0.1) is 6.20 Å². The maximum Gasteiger partial charge on any atom is 0.0519 e. The molecule has 1 aromatic heterocycles. The number of nitrogens with two attached hydrogens (primary N) is 1. The quantitative estimate of drug-likeness (QED) is 0.680. The molecule has 0 saturated carbocycles. The summed E-state index contributed by atoms with van der Waals surface area (Å²) in [6, 6.07) is 0.258. The third kappa shape index (κ3) is 2.05. The van der Waals surface area contributed by atoms with Crippen molar-refractivity contribution in [2.24, 2.45) is 5.73 Å². The standard InChI is InChI=1S/C8H15N3/c1-3-7(9)4-8-6(2)5-10-11-8/h5,7H,3-4,9H2,1-2H3,(H,10,11). The molecular weight excluding hydrogens is 138 g/mol. The average Bonchev–Trinajstić information content (AvgIpc) is 2.37. The van der Waals surface area contributed by atoms with Crippen LogP contribution in [-0.2, 0) is 6.42 Å². The fourth-order valence-corrected chi connectivity index (χ4v) is 0.986. The van der Waals surface area contributed by atoms with Crippen LogP contribution < -0.4 is 5.73 Å². The molecule has 1 unspecified atom stereocenters. The molecule has 0 saturated heterocycles. The zero-order chi connectivity index (χ0) is 8.27. The minimum atomic E-state index is 0.258. The Balaban J connectivity index is 2.56. The number of nitrogens with one attached hydrogen (secondary N) is 1. The first-order chi connectivity index (χ1) is 5.24. The second-order valence-corrected chi connectivity index (χ2v) is 2.90. The van der Waals surface area contributed by atoms with E-state index in [1.807, 2.05) is 13.1 Å². The first-order valence-corrected chi connectivity index (χ1v) is 3.98. The second-order valence-electron chi connectivity index (χ2n) is 2.90. The van der Waals surface area contributed by atoms with Crippen LogP contribution in [0.5, 0.6) is 0 Å². The Bertz CT molecular complexity index is 217. The monoisotopic (exact) mass is 153 g/mol. The Hall–Kier alpha value is -0.830. The van der Waals surface area contributed by atoms with Crippen LogP contribution in [0.1, 0.15) is 24.6 Å². The van der Waals surface area contributed by atoms with E-state index in [4.69, 9.17) is 5.73 Å². The van der Waals surface area contributed by atoms with Gasteiger partial charge in [0.1, 0.15) is 0 Å². The molecule has 0 spiro atoms. The van der Waals surface area contributed by atoms with E-state index in [9.17, 15) is 0 Å². The van der Waals surface area contributed by atoms with Crippen molar-refractivity contribution in [2.45, 2.75) is 32.7 Å². The molecule has 0 aromatic carbocycles. The van der Waals surface area contributed by atoms with Crippen molar-refractivity contribution in [3.05, 3.63) is 17.5 Å². The van der Waals surface area contributed by atoms with Gasteiger partial charge in [-0.2, -0.15) is 5.10 Å². The fraction of sp³-hybridized carbons (Fsp3) is 0.625. The lowest BCUT2D eigenvalue weighted by Crippen LogP contribution is -2.21. The van der Waals surface area contributed by atoms with Crippen molar-refractivity contribution in [1.82, 2.24) is 10.2 Å². The molecule has 1 rings (SSSR count). The van der Waals surface area contributed by atoms with Crippen molar-refractivity contribution in [3.8, 4) is 0 Å². The van der Waals surface area contributed by atoms with E-state index in [-0.39, 0.29) is 6.04 Å². The smallest absolute Gasteiger partial charge is 0.0519 e. The number of hydrogen-bond donors (Lipinski definition) is 2. The van der Waals surface area contributed by atoms with Gasteiger partial charge in [-0.25, -0.2) is 0 Å². The highest BCUT2D eigenvalue weighted by Gasteiger charge is 2.04. The molecule has 1 aromatic rings. The Kier molecular flexibility index (Phi) is 2.65. The Morgan fingerprint density at radius 1 is 1.73 bits per heavy atom. The van der Waals surface area contributed by atoms with Crippen molar-refractivity contribution in [1.29, 1.82) is 0 Å². The van der Waals surface area contributed by atoms with Crippen LogP contribution >= 0.6 is 0 Å². The van der Waals surface area contributed by atoms with Gasteiger partial charge in [0.2, 0.25) is 0 Å². The van der Waals surface area contributed by atoms with Gasteiger partial charge in [-0.15, -0.1) is 0 Å². The molecule has 62 valence electrons. The predicted octanol–water partition coefficient (Wildman–Crippen LogP) is 0.998. The summed E-state index contributed by atoms with van der Waals surface area (Å²) in [4.78, 5) is 0. The molecule has 0 fully saturated rings. The van der Waals surface area contributed by atoms with Crippen LogP contribution in [0.3, 0.4) is 0 Å². The van der Waals surface area contributed by atoms with Gasteiger partial charge >= 0.3 is 0 Å². The molecule has 0 radical (unpaired) electrons. The normalized spacial score (nSPS) is 13.4. The van der Waals surface area contributed by atoms with Crippen LogP contribution in [0, 0.1) is 6.92 Å². The van der Waals surface area contributed by atoms with E-state index in [1.54, 1.807) is 0 Å². The molecule has 0 aliphatic rings. The third-order valence-electron chi connectivity index (χ3n) is 1.92. The zero-order valence-electron chi connectivity index (χ0n) is 7.09. The van der Waals surface area contributed by atoms with Crippen molar-refractivity contribution in [2.75, 3.05) is 0 Å². The minimum Gasteiger partial charge on any atom is -0.327 e. The fourth-order valence-electron chi connectivity index (χ4n) is 0.986. The highest BCUT2D eigenvalue weighted by Crippen LogP contribution is 2.05. The van der Waals surface area contributed by atoms with Crippen LogP contribution in [0.15, 0.2) is 6.20 Å². The van der Waals surface area contributed by atoms with Crippen LogP contribution in [0.4, 0.5) is 0 Å². The molecular formula is C8H15N3. The number of aromatic nitrogens is 2. The lowest BCUT2D eigenvalue weighted by molar-refractivity contribution is 0.633. The number of aromatic amines is 1. The van der Waals surface area contributed by atoms with Crippen molar-refractivity contribution in [3.63, 3.8) is 0 Å². The summed E-state index contributed by atoms with van der Waals surface area (Å²) in [5.74, 6) is 0. The minimum absolute atomic E-state index is 0.258. The lowest BCUT2D eigenvalue weighted by atomic mass is 10.1. The molecule has 1 heterocycles. The molecule has 0 aliphatic carbocycles. The highest BCUT2D eigenvalue weighted by molar-refractivity contribution is 5.14. The van der Waals surface area contributed by atoms with Gasteiger partial charge in [0, 0.05) is 18.2 Å². The van der Waals surface area contributed by atoms with Gasteiger partial charge in [0.25, 0.3) is 0 Å². The number of aryl methyl sites for hydroxylation is 1. The molecule has 3 heteroatoms. The SMILES string of the molecule is CCC(N)Cc1[nH]ncc1C. The summed E-state index contributed by atoms with van der Waals surface area (Å²) >= 11 is 0. The topological polar surface area (TPSA) is 54.7 Å². The van der Waals surface area contributed by atoms with Gasteiger partial charge < -0.3 is 5.73 Å². The van der Waals surface area contributed by atoms with Crippen molar-refractivity contribution < 1.29 is 0 Å². The molecule has 0 bridgehead atoms. The largest absolute Gasteiger partial charge is 0.327 e. The summed E-state index contributed by atoms with van der Waals surface area (Å²) < 4.78 is 0. The predicted molar refractivity (Wildman–Crippen MR) is 45.3 cm³/mol. The van der Waals surface area contributed by atoms with E-state index >= 15 is 0 Å². The van der Waals surface area contributed by atoms with Gasteiger partial charge in [-0.3, -0.25) is 5.10 Å². The number of rotatable bonds is 3. The molecule has 3 nitrogen and oxygen atoms in total. The first kappa shape index (κ1) is 8.27. The van der Waals surface area contributed by atoms with Crippen LogP contribution in [0.25, 0.3) is 0 Å². The van der Waals surface area contributed by atoms with E-state index < -0.39 is 0 Å². The summed E-state index contributed by atoms with van der Waals surface area (Å²) in [6.45, 7) is 4.14. The van der Waals surface area contributed by atoms with Crippen molar-refractivity contribution >= 4 is 0 Å². The molecule has 1 atom stereocenters. The van der Waals surface area contributed by atoms with Crippen LogP contribution in [-0.4, -0.2) is 16.2 Å². The third-order valence-corrected chi connectivity index (χ3v) is 1.92. The summed E-state index contributed by atoms with van der Waals surface area (Å²) in [5, 5.41) is 6.87. The van der Waals surface area contributed by atoms with Gasteiger partial charge in [-0.1, -0.05) is 6.92 Å².